The summed E-state index contributed by atoms with van der Waals surface area (Å²) in [7, 11) is 0. The fraction of sp³-hybridized carbons (Fsp3) is 0.857. The van der Waals surface area contributed by atoms with Crippen LogP contribution in [0, 0.1) is 28.6 Å². The van der Waals surface area contributed by atoms with E-state index in [2.05, 4.69) is 39.8 Å². The summed E-state index contributed by atoms with van der Waals surface area (Å²) in [5.41, 5.74) is 0.741. The molecule has 0 saturated heterocycles. The van der Waals surface area contributed by atoms with Crippen LogP contribution in [-0.2, 0) is 0 Å². The highest BCUT2D eigenvalue weighted by atomic mass is 16.3. The summed E-state index contributed by atoms with van der Waals surface area (Å²) in [5, 5.41) is 9.22. The van der Waals surface area contributed by atoms with E-state index in [1.165, 1.54) is 12.8 Å². The van der Waals surface area contributed by atoms with Crippen molar-refractivity contribution in [1.82, 2.24) is 0 Å². The van der Waals surface area contributed by atoms with Gasteiger partial charge in [-0.3, -0.25) is 0 Å². The van der Waals surface area contributed by atoms with E-state index in [-0.39, 0.29) is 0 Å². The van der Waals surface area contributed by atoms with Crippen LogP contribution in [0.4, 0.5) is 0 Å². The molecule has 86 valence electrons. The molecule has 4 atom stereocenters. The molecule has 1 N–H and O–H groups in total. The molecule has 0 radical (unpaired) electrons. The lowest BCUT2D eigenvalue weighted by Crippen LogP contribution is -2.30. The molecule has 0 bridgehead atoms. The van der Waals surface area contributed by atoms with E-state index < -0.39 is 0 Å². The van der Waals surface area contributed by atoms with Crippen molar-refractivity contribution in [3.8, 4) is 0 Å². The maximum Gasteiger partial charge on any atom is 0.0464 e. The second-order valence-electron chi connectivity index (χ2n) is 6.46. The van der Waals surface area contributed by atoms with E-state index in [4.69, 9.17) is 0 Å². The maximum absolute atomic E-state index is 9.22. The van der Waals surface area contributed by atoms with Crippen LogP contribution in [0.5, 0.6) is 0 Å². The third-order valence-electron chi connectivity index (χ3n) is 5.32. The zero-order chi connectivity index (χ0) is 11.3. The van der Waals surface area contributed by atoms with Crippen LogP contribution in [0.3, 0.4) is 0 Å². The standard InChI is InChI=1S/C14H24O/c1-10-11(12(10)9-15)8-14(4)7-5-6-13(14,2)3/h5-6,10-12,15H,7-9H2,1-4H3. The minimum atomic E-state index is 0.329. The van der Waals surface area contributed by atoms with Crippen molar-refractivity contribution >= 4 is 0 Å². The minimum Gasteiger partial charge on any atom is -0.396 e. The Bertz CT molecular complexity index is 279. The van der Waals surface area contributed by atoms with Gasteiger partial charge in [0.05, 0.1) is 0 Å². The predicted octanol–water partition coefficient (Wildman–Crippen LogP) is 3.24. The predicted molar refractivity (Wildman–Crippen MR) is 63.5 cm³/mol. The number of allylic oxidation sites excluding steroid dienone is 2. The van der Waals surface area contributed by atoms with Gasteiger partial charge in [-0.05, 0) is 41.4 Å². The number of hydrogen-bond donors (Lipinski definition) is 1. The van der Waals surface area contributed by atoms with Crippen molar-refractivity contribution in [3.05, 3.63) is 12.2 Å². The lowest BCUT2D eigenvalue weighted by molar-refractivity contribution is 0.131. The Kier molecular flexibility index (Phi) is 2.50. The lowest BCUT2D eigenvalue weighted by atomic mass is 9.66. The maximum atomic E-state index is 9.22. The highest BCUT2D eigenvalue weighted by molar-refractivity contribution is 5.15. The molecule has 2 aliphatic rings. The molecule has 15 heavy (non-hydrogen) atoms. The summed E-state index contributed by atoms with van der Waals surface area (Å²) in [5.74, 6) is 2.08. The van der Waals surface area contributed by atoms with Crippen LogP contribution >= 0.6 is 0 Å². The average Bonchev–Trinajstić information content (AvgIpc) is 2.65. The molecule has 4 unspecified atom stereocenters. The fourth-order valence-electron chi connectivity index (χ4n) is 3.22. The van der Waals surface area contributed by atoms with Crippen molar-refractivity contribution in [2.45, 2.75) is 40.5 Å². The van der Waals surface area contributed by atoms with E-state index in [0.29, 0.717) is 23.4 Å². The second kappa shape index (κ2) is 3.35. The Morgan fingerprint density at radius 3 is 2.33 bits per heavy atom. The Balaban J connectivity index is 2.01. The molecule has 1 fully saturated rings. The van der Waals surface area contributed by atoms with Crippen molar-refractivity contribution in [2.24, 2.45) is 28.6 Å². The van der Waals surface area contributed by atoms with Gasteiger partial charge in [-0.15, -0.1) is 0 Å². The molecule has 2 rings (SSSR count). The highest BCUT2D eigenvalue weighted by Gasteiger charge is 2.52. The molecule has 0 aromatic rings. The second-order valence-corrected chi connectivity index (χ2v) is 6.46. The van der Waals surface area contributed by atoms with Gasteiger partial charge in [0.1, 0.15) is 0 Å². The average molecular weight is 208 g/mol. The van der Waals surface area contributed by atoms with E-state index in [1.54, 1.807) is 0 Å². The molecule has 0 aromatic heterocycles. The third-order valence-corrected chi connectivity index (χ3v) is 5.32. The number of aliphatic hydroxyl groups excluding tert-OH is 1. The van der Waals surface area contributed by atoms with Crippen molar-refractivity contribution in [1.29, 1.82) is 0 Å². The Hall–Kier alpha value is -0.300. The van der Waals surface area contributed by atoms with Gasteiger partial charge < -0.3 is 5.11 Å². The molecule has 0 aromatic carbocycles. The van der Waals surface area contributed by atoms with Gasteiger partial charge in [0.25, 0.3) is 0 Å². The first-order chi connectivity index (χ1) is 6.91. The summed E-state index contributed by atoms with van der Waals surface area (Å²) in [6, 6.07) is 0. The first-order valence-corrected chi connectivity index (χ1v) is 6.20. The van der Waals surface area contributed by atoms with Gasteiger partial charge in [-0.2, -0.15) is 0 Å². The van der Waals surface area contributed by atoms with Gasteiger partial charge in [0.15, 0.2) is 0 Å². The summed E-state index contributed by atoms with van der Waals surface area (Å²) < 4.78 is 0. The van der Waals surface area contributed by atoms with Crippen molar-refractivity contribution < 1.29 is 5.11 Å². The number of aliphatic hydroxyl groups is 1. The van der Waals surface area contributed by atoms with Crippen LogP contribution in [0.15, 0.2) is 12.2 Å². The quantitative estimate of drug-likeness (QED) is 0.706. The molecular formula is C14H24O. The van der Waals surface area contributed by atoms with Crippen LogP contribution in [0.2, 0.25) is 0 Å². The topological polar surface area (TPSA) is 20.2 Å². The van der Waals surface area contributed by atoms with E-state index in [0.717, 1.165) is 11.8 Å². The highest BCUT2D eigenvalue weighted by Crippen LogP contribution is 2.59. The van der Waals surface area contributed by atoms with Crippen molar-refractivity contribution in [2.75, 3.05) is 6.61 Å². The van der Waals surface area contributed by atoms with Gasteiger partial charge in [0.2, 0.25) is 0 Å². The third kappa shape index (κ3) is 1.65. The van der Waals surface area contributed by atoms with Gasteiger partial charge in [-0.1, -0.05) is 39.8 Å². The van der Waals surface area contributed by atoms with Crippen LogP contribution in [0.1, 0.15) is 40.5 Å². The molecule has 0 aliphatic heterocycles. The fourth-order valence-corrected chi connectivity index (χ4v) is 3.22. The molecule has 2 aliphatic carbocycles. The first kappa shape index (κ1) is 11.2. The first-order valence-electron chi connectivity index (χ1n) is 6.20. The van der Waals surface area contributed by atoms with Crippen LogP contribution in [-0.4, -0.2) is 11.7 Å². The normalized spacial score (nSPS) is 47.1. The number of rotatable bonds is 3. The zero-order valence-corrected chi connectivity index (χ0v) is 10.5. The smallest absolute Gasteiger partial charge is 0.0464 e. The molecule has 0 amide bonds. The zero-order valence-electron chi connectivity index (χ0n) is 10.5. The summed E-state index contributed by atoms with van der Waals surface area (Å²) >= 11 is 0. The van der Waals surface area contributed by atoms with Gasteiger partial charge in [-0.25, -0.2) is 0 Å². The van der Waals surface area contributed by atoms with E-state index in [9.17, 15) is 5.11 Å². The molecule has 1 nitrogen and oxygen atoms in total. The van der Waals surface area contributed by atoms with Gasteiger partial charge >= 0.3 is 0 Å². The monoisotopic (exact) mass is 208 g/mol. The Morgan fingerprint density at radius 2 is 1.93 bits per heavy atom. The van der Waals surface area contributed by atoms with Gasteiger partial charge in [0, 0.05) is 6.61 Å². The Morgan fingerprint density at radius 1 is 1.27 bits per heavy atom. The summed E-state index contributed by atoms with van der Waals surface area (Å²) in [6.45, 7) is 9.77. The SMILES string of the molecule is CC1C(CO)C1CC1(C)CC=CC1(C)C. The van der Waals surface area contributed by atoms with E-state index >= 15 is 0 Å². The largest absolute Gasteiger partial charge is 0.396 e. The summed E-state index contributed by atoms with van der Waals surface area (Å²) in [6.07, 6.45) is 7.19. The Labute approximate surface area is 93.6 Å². The number of hydrogen-bond acceptors (Lipinski definition) is 1. The molecule has 1 saturated carbocycles. The van der Waals surface area contributed by atoms with Crippen LogP contribution < -0.4 is 0 Å². The lowest BCUT2D eigenvalue weighted by Gasteiger charge is -2.38. The van der Waals surface area contributed by atoms with Crippen LogP contribution in [0.25, 0.3) is 0 Å². The van der Waals surface area contributed by atoms with Crippen molar-refractivity contribution in [3.63, 3.8) is 0 Å². The summed E-state index contributed by atoms with van der Waals surface area (Å²) in [4.78, 5) is 0. The molecule has 0 spiro atoms. The molecule has 0 heterocycles. The molecular weight excluding hydrogens is 184 g/mol. The minimum absolute atomic E-state index is 0.329. The molecule has 1 heteroatoms. The van der Waals surface area contributed by atoms with E-state index in [1.807, 2.05) is 0 Å².